The minimum absolute atomic E-state index is 0.172. The first-order valence-corrected chi connectivity index (χ1v) is 10.2. The fourth-order valence-corrected chi connectivity index (χ4v) is 4.79. The van der Waals surface area contributed by atoms with Gasteiger partial charge in [0, 0.05) is 13.1 Å². The first-order chi connectivity index (χ1) is 13.8. The number of piperidine rings is 1. The van der Waals surface area contributed by atoms with E-state index in [2.05, 4.69) is 19.2 Å². The maximum Gasteiger partial charge on any atom is 0.325 e. The highest BCUT2D eigenvalue weighted by Crippen LogP contribution is 2.34. The number of fused-ring (bicyclic) bond motifs is 1. The van der Waals surface area contributed by atoms with Crippen LogP contribution in [0.15, 0.2) is 42.5 Å². The monoisotopic (exact) mass is 393 g/mol. The lowest BCUT2D eigenvalue weighted by Crippen LogP contribution is -2.48. The molecule has 6 nitrogen and oxygen atoms in total. The van der Waals surface area contributed by atoms with Gasteiger partial charge in [0.05, 0.1) is 0 Å². The molecule has 2 aliphatic rings. The summed E-state index contributed by atoms with van der Waals surface area (Å²) in [4.78, 5) is 41.7. The minimum Gasteiger partial charge on any atom is -0.341 e. The van der Waals surface area contributed by atoms with Crippen LogP contribution in [-0.4, -0.2) is 47.3 Å². The SMILES string of the molecule is C[C@@H]1C[C@H](C)CN(C(=O)CN2C(=O)N[C@](C)(c3cccc4ccccc34)C2=O)C1. The predicted molar refractivity (Wildman–Crippen MR) is 111 cm³/mol. The third-order valence-corrected chi connectivity index (χ3v) is 6.12. The van der Waals surface area contributed by atoms with Crippen molar-refractivity contribution in [3.8, 4) is 0 Å². The van der Waals surface area contributed by atoms with Gasteiger partial charge in [0.2, 0.25) is 5.91 Å². The summed E-state index contributed by atoms with van der Waals surface area (Å²) in [6.45, 7) is 7.10. The quantitative estimate of drug-likeness (QED) is 0.815. The largest absolute Gasteiger partial charge is 0.341 e. The fourth-order valence-electron chi connectivity index (χ4n) is 4.79. The average Bonchev–Trinajstić information content (AvgIpc) is 2.90. The maximum absolute atomic E-state index is 13.3. The number of rotatable bonds is 3. The molecule has 0 unspecified atom stereocenters. The Morgan fingerprint density at radius 2 is 1.72 bits per heavy atom. The van der Waals surface area contributed by atoms with Crippen LogP contribution < -0.4 is 5.32 Å². The van der Waals surface area contributed by atoms with Gasteiger partial charge in [-0.05, 0) is 41.5 Å². The van der Waals surface area contributed by atoms with Gasteiger partial charge in [0.1, 0.15) is 12.1 Å². The Morgan fingerprint density at radius 1 is 1.07 bits per heavy atom. The highest BCUT2D eigenvalue weighted by atomic mass is 16.2. The van der Waals surface area contributed by atoms with E-state index in [1.54, 1.807) is 11.8 Å². The van der Waals surface area contributed by atoms with E-state index in [4.69, 9.17) is 0 Å². The van der Waals surface area contributed by atoms with Crippen molar-refractivity contribution in [2.24, 2.45) is 11.8 Å². The lowest BCUT2D eigenvalue weighted by molar-refractivity contribution is -0.140. The van der Waals surface area contributed by atoms with Crippen LogP contribution in [0, 0.1) is 11.8 Å². The standard InChI is InChI=1S/C23H27N3O3/c1-15-11-16(2)13-25(12-15)20(27)14-26-21(28)23(3,24-22(26)29)19-10-6-8-17-7-4-5-9-18(17)19/h4-10,15-16H,11-14H2,1-3H3,(H,24,29)/t15-,16+,23-/m1/s1. The van der Waals surface area contributed by atoms with Gasteiger partial charge in [-0.25, -0.2) is 4.79 Å². The molecular weight excluding hydrogens is 366 g/mol. The normalized spacial score (nSPS) is 27.4. The van der Waals surface area contributed by atoms with E-state index < -0.39 is 11.6 Å². The van der Waals surface area contributed by atoms with Gasteiger partial charge < -0.3 is 10.2 Å². The van der Waals surface area contributed by atoms with E-state index >= 15 is 0 Å². The summed E-state index contributed by atoms with van der Waals surface area (Å²) in [6.07, 6.45) is 1.09. The van der Waals surface area contributed by atoms with Gasteiger partial charge >= 0.3 is 6.03 Å². The lowest BCUT2D eigenvalue weighted by atomic mass is 9.88. The third-order valence-electron chi connectivity index (χ3n) is 6.12. The highest BCUT2D eigenvalue weighted by Gasteiger charge is 2.50. The number of urea groups is 1. The minimum atomic E-state index is -1.19. The number of likely N-dealkylation sites (tertiary alicyclic amines) is 1. The fraction of sp³-hybridized carbons (Fsp3) is 0.435. The zero-order valence-electron chi connectivity index (χ0n) is 17.1. The van der Waals surface area contributed by atoms with E-state index in [0.29, 0.717) is 24.9 Å². The van der Waals surface area contributed by atoms with E-state index in [0.717, 1.165) is 27.7 Å². The Balaban J connectivity index is 1.59. The molecule has 6 heteroatoms. The summed E-state index contributed by atoms with van der Waals surface area (Å²) in [5.41, 5.74) is -0.454. The molecule has 152 valence electrons. The van der Waals surface area contributed by atoms with Gasteiger partial charge in [0.25, 0.3) is 5.91 Å². The number of carbonyl (C=O) groups excluding carboxylic acids is 3. The molecule has 0 spiro atoms. The molecule has 2 fully saturated rings. The Labute approximate surface area is 170 Å². The summed E-state index contributed by atoms with van der Waals surface area (Å²) >= 11 is 0. The molecule has 2 heterocycles. The van der Waals surface area contributed by atoms with Crippen LogP contribution in [0.5, 0.6) is 0 Å². The molecule has 0 aromatic heterocycles. The van der Waals surface area contributed by atoms with E-state index in [1.807, 2.05) is 42.5 Å². The van der Waals surface area contributed by atoms with E-state index in [1.165, 1.54) is 0 Å². The van der Waals surface area contributed by atoms with Gasteiger partial charge in [-0.15, -0.1) is 0 Å². The Hall–Kier alpha value is -2.89. The van der Waals surface area contributed by atoms with Crippen LogP contribution in [-0.2, 0) is 15.1 Å². The van der Waals surface area contributed by atoms with Crippen molar-refractivity contribution < 1.29 is 14.4 Å². The van der Waals surface area contributed by atoms with Crippen LogP contribution in [0.2, 0.25) is 0 Å². The molecule has 1 N–H and O–H groups in total. The summed E-state index contributed by atoms with van der Waals surface area (Å²) in [5, 5.41) is 4.75. The van der Waals surface area contributed by atoms with Crippen molar-refractivity contribution in [2.45, 2.75) is 32.7 Å². The molecule has 2 aliphatic heterocycles. The number of nitrogens with one attached hydrogen (secondary N) is 1. The second kappa shape index (κ2) is 7.17. The second-order valence-electron chi connectivity index (χ2n) is 8.72. The molecule has 0 radical (unpaired) electrons. The van der Waals surface area contributed by atoms with Crippen LogP contribution in [0.1, 0.15) is 32.8 Å². The average molecular weight is 393 g/mol. The number of imide groups is 1. The van der Waals surface area contributed by atoms with Crippen LogP contribution >= 0.6 is 0 Å². The van der Waals surface area contributed by atoms with Gasteiger partial charge in [0.15, 0.2) is 0 Å². The van der Waals surface area contributed by atoms with Crippen molar-refractivity contribution in [2.75, 3.05) is 19.6 Å². The molecule has 2 aromatic rings. The smallest absolute Gasteiger partial charge is 0.325 e. The number of hydrogen-bond acceptors (Lipinski definition) is 3. The van der Waals surface area contributed by atoms with Gasteiger partial charge in [-0.2, -0.15) is 0 Å². The Bertz CT molecular complexity index is 973. The van der Waals surface area contributed by atoms with E-state index in [9.17, 15) is 14.4 Å². The molecular formula is C23H27N3O3. The second-order valence-corrected chi connectivity index (χ2v) is 8.72. The zero-order valence-corrected chi connectivity index (χ0v) is 17.1. The Kier molecular flexibility index (Phi) is 4.81. The lowest BCUT2D eigenvalue weighted by Gasteiger charge is -2.35. The Morgan fingerprint density at radius 3 is 2.45 bits per heavy atom. The van der Waals surface area contributed by atoms with Gasteiger partial charge in [-0.1, -0.05) is 56.3 Å². The number of amides is 4. The third kappa shape index (κ3) is 3.37. The summed E-state index contributed by atoms with van der Waals surface area (Å²) in [6, 6.07) is 13.0. The van der Waals surface area contributed by atoms with Crippen molar-refractivity contribution in [1.82, 2.24) is 15.1 Å². The molecule has 0 bridgehead atoms. The van der Waals surface area contributed by atoms with Crippen LogP contribution in [0.25, 0.3) is 10.8 Å². The molecule has 4 rings (SSSR count). The van der Waals surface area contributed by atoms with Crippen molar-refractivity contribution in [1.29, 1.82) is 0 Å². The molecule has 0 aliphatic carbocycles. The number of nitrogens with zero attached hydrogens (tertiary/aromatic N) is 2. The molecule has 3 atom stereocenters. The highest BCUT2D eigenvalue weighted by molar-refractivity contribution is 6.10. The van der Waals surface area contributed by atoms with Crippen molar-refractivity contribution in [3.63, 3.8) is 0 Å². The molecule has 29 heavy (non-hydrogen) atoms. The molecule has 0 saturated carbocycles. The first-order valence-electron chi connectivity index (χ1n) is 10.2. The van der Waals surface area contributed by atoms with Gasteiger partial charge in [-0.3, -0.25) is 14.5 Å². The molecule has 2 aromatic carbocycles. The van der Waals surface area contributed by atoms with Crippen molar-refractivity contribution >= 4 is 28.6 Å². The van der Waals surface area contributed by atoms with E-state index in [-0.39, 0.29) is 18.4 Å². The van der Waals surface area contributed by atoms with Crippen LogP contribution in [0.4, 0.5) is 4.79 Å². The van der Waals surface area contributed by atoms with Crippen LogP contribution in [0.3, 0.4) is 0 Å². The predicted octanol–water partition coefficient (Wildman–Crippen LogP) is 3.11. The molecule has 4 amide bonds. The van der Waals surface area contributed by atoms with Crippen molar-refractivity contribution in [3.05, 3.63) is 48.0 Å². The number of benzene rings is 2. The maximum atomic E-state index is 13.3. The number of carbonyl (C=O) groups is 3. The zero-order chi connectivity index (χ0) is 20.8. The summed E-state index contributed by atoms with van der Waals surface area (Å²) in [5.74, 6) is 0.290. The topological polar surface area (TPSA) is 69.7 Å². The molecule has 2 saturated heterocycles. The summed E-state index contributed by atoms with van der Waals surface area (Å²) in [7, 11) is 0. The first kappa shape index (κ1) is 19.4. The number of hydrogen-bond donors (Lipinski definition) is 1. The summed E-state index contributed by atoms with van der Waals surface area (Å²) < 4.78 is 0.